The number of rotatable bonds is 7. The van der Waals surface area contributed by atoms with E-state index in [9.17, 15) is 14.4 Å². The third-order valence-electron chi connectivity index (χ3n) is 4.72. The van der Waals surface area contributed by atoms with Crippen LogP contribution in [0.3, 0.4) is 0 Å². The molecule has 3 amide bonds. The number of hydrazone groups is 1. The van der Waals surface area contributed by atoms with Crippen molar-refractivity contribution < 1.29 is 19.1 Å². The van der Waals surface area contributed by atoms with Crippen LogP contribution in [0.15, 0.2) is 71.8 Å². The van der Waals surface area contributed by atoms with Gasteiger partial charge in [0.15, 0.2) is 6.61 Å². The van der Waals surface area contributed by atoms with Crippen LogP contribution in [0.4, 0.5) is 11.4 Å². The van der Waals surface area contributed by atoms with E-state index in [1.807, 2.05) is 38.1 Å². The first kappa shape index (κ1) is 24.5. The maximum Gasteiger partial charge on any atom is 0.329 e. The Bertz CT molecular complexity index is 1230. The van der Waals surface area contributed by atoms with Crippen molar-refractivity contribution in [3.05, 3.63) is 88.4 Å². The molecule has 0 bridgehead atoms. The molecule has 3 aromatic rings. The molecule has 8 nitrogen and oxygen atoms in total. The number of carbonyl (C=O) groups is 3. The Morgan fingerprint density at radius 2 is 1.65 bits per heavy atom. The number of para-hydroxylation sites is 1. The van der Waals surface area contributed by atoms with E-state index in [1.165, 1.54) is 6.21 Å². The molecule has 0 aliphatic rings. The number of hydrogen-bond acceptors (Lipinski definition) is 5. The van der Waals surface area contributed by atoms with Crippen molar-refractivity contribution in [3.63, 3.8) is 0 Å². The minimum atomic E-state index is -0.912. The van der Waals surface area contributed by atoms with E-state index in [0.29, 0.717) is 22.7 Å². The summed E-state index contributed by atoms with van der Waals surface area (Å²) in [6.07, 6.45) is 1.33. The lowest BCUT2D eigenvalue weighted by Gasteiger charge is -2.09. The minimum absolute atomic E-state index is 0.215. The Hall–Kier alpha value is -4.17. The highest BCUT2D eigenvalue weighted by atomic mass is 35.5. The first-order valence-electron chi connectivity index (χ1n) is 10.3. The fourth-order valence-electron chi connectivity index (χ4n) is 2.80. The van der Waals surface area contributed by atoms with Gasteiger partial charge in [-0.2, -0.15) is 5.10 Å². The monoisotopic (exact) mass is 478 g/mol. The fourth-order valence-corrected chi connectivity index (χ4v) is 3.04. The standard InChI is InChI=1S/C25H23ClN4O4/c1-16-8-10-20(12-17(16)2)29-24(32)25(33)30-27-14-18-9-11-22(21(26)13-18)34-15-23(31)28-19-6-4-3-5-7-19/h3-14H,15H2,1-2H3,(H,28,31)(H,29,32)(H,30,33)/b27-14-. The zero-order valence-electron chi connectivity index (χ0n) is 18.6. The summed E-state index contributed by atoms with van der Waals surface area (Å²) in [6.45, 7) is 3.65. The highest BCUT2D eigenvalue weighted by Crippen LogP contribution is 2.25. The molecule has 0 unspecified atom stereocenters. The molecule has 3 N–H and O–H groups in total. The number of carbonyl (C=O) groups excluding carboxylic acids is 3. The van der Waals surface area contributed by atoms with E-state index in [1.54, 1.807) is 42.5 Å². The Morgan fingerprint density at radius 3 is 2.35 bits per heavy atom. The Kier molecular flexibility index (Phi) is 8.37. The molecule has 0 saturated carbocycles. The summed E-state index contributed by atoms with van der Waals surface area (Å²) in [5, 5.41) is 9.27. The van der Waals surface area contributed by atoms with Crippen LogP contribution in [0.2, 0.25) is 5.02 Å². The fraction of sp³-hybridized carbons (Fsp3) is 0.120. The Morgan fingerprint density at radius 1 is 0.882 bits per heavy atom. The van der Waals surface area contributed by atoms with Gasteiger partial charge in [0, 0.05) is 11.4 Å². The lowest BCUT2D eigenvalue weighted by atomic mass is 10.1. The van der Waals surface area contributed by atoms with Crippen LogP contribution in [0.5, 0.6) is 5.75 Å². The molecular weight excluding hydrogens is 456 g/mol. The van der Waals surface area contributed by atoms with Crippen LogP contribution < -0.4 is 20.8 Å². The lowest BCUT2D eigenvalue weighted by Crippen LogP contribution is -2.32. The molecule has 3 rings (SSSR count). The van der Waals surface area contributed by atoms with Crippen LogP contribution in [0, 0.1) is 13.8 Å². The SMILES string of the molecule is Cc1ccc(NC(=O)C(=O)N/N=C\c2ccc(OCC(=O)Nc3ccccc3)c(Cl)c2)cc1C. The molecule has 0 aliphatic carbocycles. The van der Waals surface area contributed by atoms with Gasteiger partial charge in [0.05, 0.1) is 11.2 Å². The van der Waals surface area contributed by atoms with Crippen molar-refractivity contribution in [1.82, 2.24) is 5.43 Å². The van der Waals surface area contributed by atoms with Gasteiger partial charge in [-0.25, -0.2) is 5.43 Å². The number of anilines is 2. The number of ether oxygens (including phenoxy) is 1. The number of benzene rings is 3. The van der Waals surface area contributed by atoms with Gasteiger partial charge in [-0.15, -0.1) is 0 Å². The molecule has 0 heterocycles. The van der Waals surface area contributed by atoms with E-state index in [4.69, 9.17) is 16.3 Å². The number of aryl methyl sites for hydroxylation is 2. The predicted octanol–water partition coefficient (Wildman–Crippen LogP) is 4.06. The van der Waals surface area contributed by atoms with Gasteiger partial charge in [0.1, 0.15) is 5.75 Å². The maximum atomic E-state index is 12.0. The van der Waals surface area contributed by atoms with Crippen LogP contribution in [-0.2, 0) is 14.4 Å². The minimum Gasteiger partial charge on any atom is -0.482 e. The van der Waals surface area contributed by atoms with Crippen LogP contribution in [0.1, 0.15) is 16.7 Å². The molecule has 0 aliphatic heterocycles. The Balaban J connectivity index is 1.48. The molecule has 0 saturated heterocycles. The van der Waals surface area contributed by atoms with Gasteiger partial charge >= 0.3 is 11.8 Å². The van der Waals surface area contributed by atoms with Gasteiger partial charge in [-0.1, -0.05) is 35.9 Å². The topological polar surface area (TPSA) is 109 Å². The highest BCUT2D eigenvalue weighted by Gasteiger charge is 2.13. The first-order valence-corrected chi connectivity index (χ1v) is 10.7. The van der Waals surface area contributed by atoms with E-state index < -0.39 is 11.8 Å². The summed E-state index contributed by atoms with van der Waals surface area (Å²) < 4.78 is 5.46. The summed E-state index contributed by atoms with van der Waals surface area (Å²) in [6, 6.07) is 19.1. The normalized spacial score (nSPS) is 10.6. The van der Waals surface area contributed by atoms with Gasteiger partial charge in [-0.3, -0.25) is 14.4 Å². The second-order valence-electron chi connectivity index (χ2n) is 7.35. The molecule has 3 aromatic carbocycles. The average Bonchev–Trinajstić information content (AvgIpc) is 2.81. The second kappa shape index (κ2) is 11.6. The molecule has 0 aromatic heterocycles. The zero-order chi connectivity index (χ0) is 24.5. The highest BCUT2D eigenvalue weighted by molar-refractivity contribution is 6.39. The number of halogens is 1. The maximum absolute atomic E-state index is 12.0. The number of hydrogen-bond donors (Lipinski definition) is 3. The van der Waals surface area contributed by atoms with E-state index in [-0.39, 0.29) is 17.5 Å². The summed E-state index contributed by atoms with van der Waals surface area (Å²) in [5.74, 6) is -1.76. The smallest absolute Gasteiger partial charge is 0.329 e. The van der Waals surface area contributed by atoms with Gasteiger partial charge in [0.25, 0.3) is 5.91 Å². The summed E-state index contributed by atoms with van der Waals surface area (Å²) in [5.41, 5.74) is 5.99. The van der Waals surface area contributed by atoms with E-state index >= 15 is 0 Å². The molecule has 0 radical (unpaired) electrons. The van der Waals surface area contributed by atoms with Crippen molar-refractivity contribution in [2.45, 2.75) is 13.8 Å². The molecular formula is C25H23ClN4O4. The molecule has 34 heavy (non-hydrogen) atoms. The van der Waals surface area contributed by atoms with Crippen LogP contribution >= 0.6 is 11.6 Å². The third-order valence-corrected chi connectivity index (χ3v) is 5.02. The number of nitrogens with zero attached hydrogens (tertiary/aromatic N) is 1. The van der Waals surface area contributed by atoms with Crippen molar-refractivity contribution in [2.75, 3.05) is 17.2 Å². The largest absolute Gasteiger partial charge is 0.482 e. The summed E-state index contributed by atoms with van der Waals surface area (Å²) in [7, 11) is 0. The van der Waals surface area contributed by atoms with E-state index in [2.05, 4.69) is 21.2 Å². The van der Waals surface area contributed by atoms with E-state index in [0.717, 1.165) is 11.1 Å². The predicted molar refractivity (Wildman–Crippen MR) is 132 cm³/mol. The van der Waals surface area contributed by atoms with Crippen LogP contribution in [0.25, 0.3) is 0 Å². The first-order chi connectivity index (χ1) is 16.3. The quantitative estimate of drug-likeness (QED) is 0.270. The van der Waals surface area contributed by atoms with Crippen molar-refractivity contribution in [3.8, 4) is 5.75 Å². The van der Waals surface area contributed by atoms with Crippen molar-refractivity contribution >= 4 is 46.9 Å². The van der Waals surface area contributed by atoms with Crippen LogP contribution in [-0.4, -0.2) is 30.5 Å². The molecule has 0 atom stereocenters. The molecule has 0 spiro atoms. The lowest BCUT2D eigenvalue weighted by molar-refractivity contribution is -0.136. The third kappa shape index (κ3) is 7.18. The summed E-state index contributed by atoms with van der Waals surface area (Å²) >= 11 is 6.21. The molecule has 174 valence electrons. The molecule has 9 heteroatoms. The van der Waals surface area contributed by atoms with Crippen molar-refractivity contribution in [2.24, 2.45) is 5.10 Å². The number of nitrogens with one attached hydrogen (secondary N) is 3. The van der Waals surface area contributed by atoms with Crippen molar-refractivity contribution in [1.29, 1.82) is 0 Å². The zero-order valence-corrected chi connectivity index (χ0v) is 19.3. The summed E-state index contributed by atoms with van der Waals surface area (Å²) in [4.78, 5) is 36.0. The van der Waals surface area contributed by atoms with Gasteiger partial charge < -0.3 is 15.4 Å². The second-order valence-corrected chi connectivity index (χ2v) is 7.75. The Labute approximate surface area is 202 Å². The van der Waals surface area contributed by atoms with Gasteiger partial charge in [0.2, 0.25) is 0 Å². The number of amides is 3. The van der Waals surface area contributed by atoms with Gasteiger partial charge in [-0.05, 0) is 73.0 Å². The average molecular weight is 479 g/mol. The molecule has 0 fully saturated rings.